The van der Waals surface area contributed by atoms with Gasteiger partial charge >= 0.3 is 35.8 Å². The molecule has 3 saturated heterocycles. The topological polar surface area (TPSA) is 316 Å². The molecule has 6 bridgehead atoms. The van der Waals surface area contributed by atoms with Crippen LogP contribution in [0.4, 0.5) is 0 Å². The van der Waals surface area contributed by atoms with Crippen molar-refractivity contribution < 1.29 is 109 Å². The monoisotopic (exact) mass is 1200 g/mol. The first kappa shape index (κ1) is 64.0. The summed E-state index contributed by atoms with van der Waals surface area (Å²) >= 11 is 0. The number of hydrogen-bond donors (Lipinski definition) is 0. The molecule has 9 aliphatic rings. The summed E-state index contributed by atoms with van der Waals surface area (Å²) in [5.74, 6) is -2.64. The van der Waals surface area contributed by atoms with Gasteiger partial charge in [-0.1, -0.05) is 27.7 Å². The third kappa shape index (κ3) is 13.3. The first-order chi connectivity index (χ1) is 37.2. The number of rotatable bonds is 24. The lowest BCUT2D eigenvalue weighted by Gasteiger charge is -2.33. The van der Waals surface area contributed by atoms with Gasteiger partial charge in [0.15, 0.2) is 0 Å². The molecule has 0 radical (unpaired) electrons. The molecule has 27 heteroatoms. The molecular weight excluding hydrogens is 1120 g/mol. The van der Waals surface area contributed by atoms with E-state index in [0.717, 1.165) is 19.3 Å². The molecule has 456 valence electrons. The summed E-state index contributed by atoms with van der Waals surface area (Å²) in [6.45, 7) is 19.1. The van der Waals surface area contributed by atoms with Crippen LogP contribution in [0.3, 0.4) is 0 Å². The van der Waals surface area contributed by atoms with Crippen LogP contribution in [0.2, 0.25) is 0 Å². The number of carbonyl (C=O) groups is 6. The molecule has 0 aromatic heterocycles. The fourth-order valence-electron chi connectivity index (χ4n) is 12.8. The Kier molecular flexibility index (Phi) is 19.7. The lowest BCUT2D eigenvalue weighted by Crippen LogP contribution is -2.46. The fourth-order valence-corrected chi connectivity index (χ4v) is 18.9. The van der Waals surface area contributed by atoms with Crippen LogP contribution in [-0.4, -0.2) is 172 Å². The zero-order valence-corrected chi connectivity index (χ0v) is 50.2. The summed E-state index contributed by atoms with van der Waals surface area (Å²) in [5.41, 5.74) is -2.59. The van der Waals surface area contributed by atoms with Crippen LogP contribution < -0.4 is 0 Å². The van der Waals surface area contributed by atoms with Crippen molar-refractivity contribution in [3.8, 4) is 0 Å². The predicted octanol–water partition coefficient (Wildman–Crippen LogP) is 3.73. The molecule has 80 heavy (non-hydrogen) atoms. The summed E-state index contributed by atoms with van der Waals surface area (Å²) in [6.07, 6.45) is 3.06. The van der Waals surface area contributed by atoms with Crippen molar-refractivity contribution in [1.29, 1.82) is 0 Å². The summed E-state index contributed by atoms with van der Waals surface area (Å²) in [5, 5.41) is -1.30. The molecule has 0 spiro atoms. The van der Waals surface area contributed by atoms with E-state index in [-0.39, 0.29) is 125 Å². The molecule has 0 amide bonds. The lowest BCUT2D eigenvalue weighted by atomic mass is 9.83. The van der Waals surface area contributed by atoms with E-state index < -0.39 is 110 Å². The van der Waals surface area contributed by atoms with E-state index in [1.807, 2.05) is 27.7 Å². The molecule has 6 saturated carbocycles. The molecule has 0 aromatic carbocycles. The summed E-state index contributed by atoms with van der Waals surface area (Å²) in [4.78, 5) is 71.0. The molecular formula is C53H82O24S3. The van der Waals surface area contributed by atoms with Crippen LogP contribution in [0.15, 0.2) is 0 Å². The molecule has 0 N–H and O–H groups in total. The largest absolute Gasteiger partial charge is 0.462 e. The second-order valence-corrected chi connectivity index (χ2v) is 29.9. The van der Waals surface area contributed by atoms with Crippen molar-refractivity contribution >= 4 is 66.2 Å². The Balaban J connectivity index is 0.000000173. The Bertz CT molecular complexity index is 2640. The second-order valence-electron chi connectivity index (χ2n) is 24.6. The third-order valence-corrected chi connectivity index (χ3v) is 24.0. The van der Waals surface area contributed by atoms with E-state index in [1.165, 1.54) is 0 Å². The summed E-state index contributed by atoms with van der Waals surface area (Å²) in [6, 6.07) is 0. The van der Waals surface area contributed by atoms with Crippen LogP contribution in [-0.2, 0) is 114 Å². The molecule has 24 nitrogen and oxygen atoms in total. The van der Waals surface area contributed by atoms with Gasteiger partial charge in [0.1, 0.15) is 77.3 Å². The zero-order valence-electron chi connectivity index (χ0n) is 47.7. The summed E-state index contributed by atoms with van der Waals surface area (Å²) < 4.78 is 135. The minimum Gasteiger partial charge on any atom is -0.462 e. The standard InChI is InChI=1S/2C18H28O8S.C17H26O8S/c1-5-17(2,3)16(20)24-7-6-23-14(19)10-25-15-11-8-12-13(9-11)27(21,22)26-18(12,15)4;1-5-18(3,4)17(20)24-7-6-23-13(19)9-25-14-11-8-12-15(14)26-27(21,22)16(12)10(11)2;1-4-17(2,3)16(19)23-6-5-22-13(18)9-24-14-10-7-11-12(8-10)26(20,21)25-15(11)14/h11-13,15H,5-10H2,1-4H3;10-12,14-16H,5-9H2,1-4H3;10-12,14-15H,4-9H2,1-3H3. The van der Waals surface area contributed by atoms with E-state index in [4.69, 9.17) is 55.2 Å². The molecule has 6 aliphatic carbocycles. The predicted molar refractivity (Wildman–Crippen MR) is 278 cm³/mol. The van der Waals surface area contributed by atoms with Gasteiger partial charge in [0.2, 0.25) is 0 Å². The second kappa shape index (κ2) is 24.6. The highest BCUT2D eigenvalue weighted by molar-refractivity contribution is 7.88. The van der Waals surface area contributed by atoms with E-state index in [9.17, 15) is 54.0 Å². The first-order valence-corrected chi connectivity index (χ1v) is 32.3. The quantitative estimate of drug-likeness (QED) is 0.0575. The van der Waals surface area contributed by atoms with Crippen LogP contribution >= 0.6 is 0 Å². The van der Waals surface area contributed by atoms with E-state index >= 15 is 0 Å². The van der Waals surface area contributed by atoms with Crippen molar-refractivity contribution in [2.45, 2.75) is 179 Å². The Morgan fingerprint density at radius 2 is 0.912 bits per heavy atom. The molecule has 16 atom stereocenters. The maximum atomic E-state index is 12.1. The number of fused-ring (bicyclic) bond motifs is 3. The molecule has 9 rings (SSSR count). The van der Waals surface area contributed by atoms with Gasteiger partial charge in [0.25, 0.3) is 30.4 Å². The average molecular weight is 1200 g/mol. The number of esters is 6. The van der Waals surface area contributed by atoms with Gasteiger partial charge in [0, 0.05) is 17.8 Å². The van der Waals surface area contributed by atoms with E-state index in [1.54, 1.807) is 48.5 Å². The van der Waals surface area contributed by atoms with Gasteiger partial charge in [-0.2, -0.15) is 25.3 Å². The van der Waals surface area contributed by atoms with Crippen molar-refractivity contribution in [3.05, 3.63) is 0 Å². The minimum atomic E-state index is -3.55. The van der Waals surface area contributed by atoms with Crippen molar-refractivity contribution in [2.24, 2.45) is 57.7 Å². The molecule has 3 aliphatic heterocycles. The highest BCUT2D eigenvalue weighted by atomic mass is 32.2. The Labute approximate surface area is 470 Å². The Hall–Kier alpha value is -3.57. The van der Waals surface area contributed by atoms with Gasteiger partial charge in [-0.3, -0.25) is 26.9 Å². The van der Waals surface area contributed by atoms with E-state index in [2.05, 4.69) is 0 Å². The van der Waals surface area contributed by atoms with Crippen LogP contribution in [0.25, 0.3) is 0 Å². The van der Waals surface area contributed by atoms with Gasteiger partial charge in [0.05, 0.1) is 50.3 Å². The Morgan fingerprint density at radius 1 is 0.487 bits per heavy atom. The maximum absolute atomic E-state index is 12.1. The average Bonchev–Trinajstić information content (AvgIpc) is 4.46. The fraction of sp³-hybridized carbons (Fsp3) is 0.887. The lowest BCUT2D eigenvalue weighted by molar-refractivity contribution is -0.164. The maximum Gasteiger partial charge on any atom is 0.332 e. The Morgan fingerprint density at radius 3 is 1.40 bits per heavy atom. The summed E-state index contributed by atoms with van der Waals surface area (Å²) in [7, 11) is -10.6. The number of carbonyl (C=O) groups excluding carboxylic acids is 6. The zero-order chi connectivity index (χ0) is 59.1. The van der Waals surface area contributed by atoms with Crippen molar-refractivity contribution in [3.63, 3.8) is 0 Å². The highest BCUT2D eigenvalue weighted by Crippen LogP contribution is 2.62. The van der Waals surface area contributed by atoms with Crippen molar-refractivity contribution in [1.82, 2.24) is 0 Å². The molecule has 9 fully saturated rings. The third-order valence-electron chi connectivity index (χ3n) is 18.5. The van der Waals surface area contributed by atoms with E-state index in [0.29, 0.717) is 32.1 Å². The number of ether oxygens (including phenoxy) is 9. The highest BCUT2D eigenvalue weighted by Gasteiger charge is 2.71. The molecule has 0 aromatic rings. The minimum absolute atomic E-state index is 0.00616. The SMILES string of the molecule is CCC(C)(C)C(=O)OCCOC(=O)COC1C2CC3C(C2)S(=O)(=O)OC31C.CCC(C)(C)C(=O)OCCOC(=O)COC1C2CC3C1OS(=O)(=O)C3C2.CCC(C)(C)C(=O)OCCOC(=O)COC1C2CC3C1OS(=O)(=O)C3C2C. The molecule has 3 heterocycles. The van der Waals surface area contributed by atoms with Gasteiger partial charge < -0.3 is 42.6 Å². The van der Waals surface area contributed by atoms with Crippen LogP contribution in [0, 0.1) is 57.7 Å². The van der Waals surface area contributed by atoms with Crippen LogP contribution in [0.1, 0.15) is 128 Å². The molecule has 16 unspecified atom stereocenters. The smallest absolute Gasteiger partial charge is 0.332 e. The van der Waals surface area contributed by atoms with Crippen molar-refractivity contribution in [2.75, 3.05) is 59.5 Å². The number of hydrogen-bond acceptors (Lipinski definition) is 24. The van der Waals surface area contributed by atoms with Gasteiger partial charge in [-0.05, 0) is 124 Å². The van der Waals surface area contributed by atoms with Gasteiger partial charge in [-0.25, -0.2) is 14.4 Å². The normalized spacial score (nSPS) is 35.4. The first-order valence-electron chi connectivity index (χ1n) is 27.9. The van der Waals surface area contributed by atoms with Gasteiger partial charge in [-0.15, -0.1) is 0 Å². The van der Waals surface area contributed by atoms with Crippen LogP contribution in [0.5, 0.6) is 0 Å².